The highest BCUT2D eigenvalue weighted by Gasteiger charge is 2.56. The molecule has 2 saturated heterocycles. The van der Waals surface area contributed by atoms with Gasteiger partial charge >= 0.3 is 5.97 Å². The number of ketones is 2. The molecule has 4 rings (SSSR count). The minimum atomic E-state index is -2.50. The topological polar surface area (TPSA) is 178 Å². The second kappa shape index (κ2) is 20.4. The van der Waals surface area contributed by atoms with E-state index in [9.17, 15) is 34.5 Å². The van der Waals surface area contributed by atoms with Crippen molar-refractivity contribution in [2.75, 3.05) is 27.9 Å². The monoisotopic (exact) mass is 791 g/mol. The Labute approximate surface area is 333 Å². The molecule has 3 fully saturated rings. The van der Waals surface area contributed by atoms with Gasteiger partial charge in [0.2, 0.25) is 5.79 Å². The van der Waals surface area contributed by atoms with Crippen molar-refractivity contribution in [2.24, 2.45) is 29.6 Å². The van der Waals surface area contributed by atoms with Crippen molar-refractivity contribution in [3.63, 3.8) is 0 Å². The maximum absolute atomic E-state index is 14.3. The van der Waals surface area contributed by atoms with Gasteiger partial charge in [0.1, 0.15) is 24.0 Å². The van der Waals surface area contributed by atoms with E-state index < -0.39 is 83.9 Å². The van der Waals surface area contributed by atoms with Crippen molar-refractivity contribution in [3.05, 3.63) is 23.3 Å². The first-order valence-corrected chi connectivity index (χ1v) is 20.8. The van der Waals surface area contributed by atoms with Crippen LogP contribution in [0.4, 0.5) is 0 Å². The minimum absolute atomic E-state index is 0.000914. The molecule has 0 aromatic carbocycles. The molecule has 14 atom stereocenters. The molecule has 318 valence electrons. The number of cyclic esters (lactones) is 1. The summed E-state index contributed by atoms with van der Waals surface area (Å²) in [7, 11) is 4.63. The van der Waals surface area contributed by atoms with Crippen molar-refractivity contribution in [2.45, 2.75) is 167 Å². The fourth-order valence-electron chi connectivity index (χ4n) is 9.39. The van der Waals surface area contributed by atoms with Gasteiger partial charge in [0.25, 0.3) is 11.7 Å². The lowest BCUT2D eigenvalue weighted by Gasteiger charge is -2.47. The normalized spacial score (nSPS) is 41.6. The Hall–Kier alpha value is -2.52. The maximum atomic E-state index is 14.3. The molecule has 0 aromatic rings. The van der Waals surface area contributed by atoms with Crippen molar-refractivity contribution in [3.8, 4) is 0 Å². The Morgan fingerprint density at radius 2 is 1.57 bits per heavy atom. The smallest absolute Gasteiger partial charge is 0.329 e. The third-order valence-electron chi connectivity index (χ3n) is 12.9. The number of piperidine rings is 1. The molecule has 13 nitrogen and oxygen atoms in total. The Bertz CT molecular complexity index is 1430. The number of allylic oxidation sites excluding steroid dienone is 3. The minimum Gasteiger partial charge on any atom is -0.456 e. The molecular weight excluding hydrogens is 722 g/mol. The van der Waals surface area contributed by atoms with Gasteiger partial charge < -0.3 is 43.9 Å². The molecule has 3 N–H and O–H groups in total. The number of amides is 1. The third kappa shape index (κ3) is 10.7. The first kappa shape index (κ1) is 46.2. The number of methoxy groups -OCH3 is 3. The zero-order valence-electron chi connectivity index (χ0n) is 35.1. The van der Waals surface area contributed by atoms with E-state index in [0.29, 0.717) is 56.9 Å². The number of hydrogen-bond acceptors (Lipinski definition) is 12. The summed E-state index contributed by atoms with van der Waals surface area (Å²) >= 11 is 0. The first-order chi connectivity index (χ1) is 26.5. The summed E-state index contributed by atoms with van der Waals surface area (Å²) in [6.07, 6.45) is 3.72. The van der Waals surface area contributed by atoms with Crippen LogP contribution in [0, 0.1) is 29.6 Å². The van der Waals surface area contributed by atoms with E-state index in [1.54, 1.807) is 21.0 Å². The lowest BCUT2D eigenvalue weighted by Crippen LogP contribution is -2.64. The molecule has 0 radical (unpaired) electrons. The molecule has 2 unspecified atom stereocenters. The van der Waals surface area contributed by atoms with E-state index >= 15 is 0 Å². The number of nitrogens with zero attached hydrogens (tertiary/aromatic N) is 1. The van der Waals surface area contributed by atoms with E-state index in [2.05, 4.69) is 6.92 Å². The van der Waals surface area contributed by atoms with Crippen LogP contribution in [-0.2, 0) is 42.9 Å². The third-order valence-corrected chi connectivity index (χ3v) is 12.9. The summed E-state index contributed by atoms with van der Waals surface area (Å²) in [6.45, 7) is 11.3. The van der Waals surface area contributed by atoms with E-state index in [-0.39, 0.29) is 49.5 Å². The number of carbonyl (C=O) groups excluding carboxylic acids is 4. The molecule has 2 bridgehead atoms. The van der Waals surface area contributed by atoms with Gasteiger partial charge in [-0.25, -0.2) is 4.79 Å². The van der Waals surface area contributed by atoms with Gasteiger partial charge in [-0.3, -0.25) is 14.4 Å². The highest BCUT2D eigenvalue weighted by Crippen LogP contribution is 2.39. The van der Waals surface area contributed by atoms with Crippen molar-refractivity contribution in [1.29, 1.82) is 0 Å². The van der Waals surface area contributed by atoms with Crippen LogP contribution < -0.4 is 0 Å². The Balaban J connectivity index is 1.76. The zero-order valence-corrected chi connectivity index (χ0v) is 35.1. The van der Waals surface area contributed by atoms with Gasteiger partial charge in [-0.2, -0.15) is 0 Å². The molecule has 3 heterocycles. The molecule has 3 aliphatic heterocycles. The van der Waals surface area contributed by atoms with E-state index in [1.165, 1.54) is 19.1 Å². The Kier molecular flexibility index (Phi) is 16.9. The van der Waals surface area contributed by atoms with Gasteiger partial charge in [-0.15, -0.1) is 0 Å². The molecule has 1 aliphatic carbocycles. The van der Waals surface area contributed by atoms with Crippen LogP contribution in [0.5, 0.6) is 0 Å². The molecule has 0 spiro atoms. The van der Waals surface area contributed by atoms with E-state index in [4.69, 9.17) is 23.7 Å². The average molecular weight is 792 g/mol. The standard InChI is InChI=1S/C43H69NO12/c1-10-30-18-24(2)17-25(3)19-36(53-8)39-37(54-9)21-27(5)43(51,56-39)40(48)41(49)44-16-12-11-13-31(44)42(50)55-38(28(6)33(46)23-34(30)47)26(4)20-29-14-15-32(45)35(22-29)52-7/h18,20,25,27-33,35-39,45-46,51H,10-17,19,21-23H2,1-9H3/b24-18+,26-20+/t25-,27+,28+,29-,30+,31?,32+,33-,35+,36-,37-,38+,39?,43+/m0/s1. The van der Waals surface area contributed by atoms with Gasteiger partial charge in [0.05, 0.1) is 30.5 Å². The maximum Gasteiger partial charge on any atom is 0.329 e. The fraction of sp³-hybridized carbons (Fsp3) is 0.814. The Morgan fingerprint density at radius 1 is 0.911 bits per heavy atom. The predicted molar refractivity (Wildman–Crippen MR) is 208 cm³/mol. The molecule has 1 saturated carbocycles. The number of hydrogen-bond donors (Lipinski definition) is 3. The summed E-state index contributed by atoms with van der Waals surface area (Å²) in [6, 6.07) is -1.13. The highest BCUT2D eigenvalue weighted by molar-refractivity contribution is 6.39. The summed E-state index contributed by atoms with van der Waals surface area (Å²) in [5.74, 6) is -7.50. The molecule has 1 amide bonds. The van der Waals surface area contributed by atoms with E-state index in [1.807, 2.05) is 32.9 Å². The number of fused-ring (bicyclic) bond motifs is 3. The Morgan fingerprint density at radius 3 is 2.21 bits per heavy atom. The number of ether oxygens (including phenoxy) is 5. The van der Waals surface area contributed by atoms with Crippen LogP contribution >= 0.6 is 0 Å². The number of aliphatic hydroxyl groups is 3. The largest absolute Gasteiger partial charge is 0.456 e. The second-order valence-corrected chi connectivity index (χ2v) is 17.2. The van der Waals surface area contributed by atoms with Gasteiger partial charge in [0, 0.05) is 52.0 Å². The quantitative estimate of drug-likeness (QED) is 0.196. The van der Waals surface area contributed by atoms with E-state index in [0.717, 1.165) is 5.57 Å². The number of carbonyl (C=O) groups is 4. The SMILES string of the molecule is CC[C@@H]1/C=C(\C)C[C@H](C)C[C@H](OC)C2O[C@@](O)(C(=O)C(=O)N3CCCCC3C(=O)O[C@H](/C(C)=C/[C@@H]3CC[C@@H](O)[C@H](OC)C3)[C@H](C)[C@@H](O)CC1=O)[C@H](C)C[C@@H]2OC. The zero-order chi connectivity index (χ0) is 41.5. The summed E-state index contributed by atoms with van der Waals surface area (Å²) in [5.41, 5.74) is 1.66. The van der Waals surface area contributed by atoms with Crippen molar-refractivity contribution >= 4 is 23.4 Å². The molecular formula is C43H69NO12. The van der Waals surface area contributed by atoms with Gasteiger partial charge in [-0.1, -0.05) is 45.4 Å². The van der Waals surface area contributed by atoms with Crippen molar-refractivity contribution < 1.29 is 58.2 Å². The van der Waals surface area contributed by atoms with Gasteiger partial charge in [-0.05, 0) is 95.5 Å². The fourth-order valence-corrected chi connectivity index (χ4v) is 9.39. The van der Waals surface area contributed by atoms with Crippen LogP contribution in [0.25, 0.3) is 0 Å². The summed E-state index contributed by atoms with van der Waals surface area (Å²) in [4.78, 5) is 57.6. The number of aliphatic hydroxyl groups excluding tert-OH is 2. The van der Waals surface area contributed by atoms with Gasteiger partial charge in [0.15, 0.2) is 0 Å². The molecule has 13 heteroatoms. The van der Waals surface area contributed by atoms with Crippen LogP contribution in [0.3, 0.4) is 0 Å². The molecule has 56 heavy (non-hydrogen) atoms. The lowest BCUT2D eigenvalue weighted by atomic mass is 9.81. The highest BCUT2D eigenvalue weighted by atomic mass is 16.7. The number of esters is 1. The lowest BCUT2D eigenvalue weighted by molar-refractivity contribution is -0.302. The predicted octanol–water partition coefficient (Wildman–Crippen LogP) is 4.47. The average Bonchev–Trinajstić information content (AvgIpc) is 3.18. The summed E-state index contributed by atoms with van der Waals surface area (Å²) < 4.78 is 29.7. The summed E-state index contributed by atoms with van der Waals surface area (Å²) in [5, 5.41) is 34.1. The molecule has 4 aliphatic rings. The molecule has 0 aromatic heterocycles. The number of Topliss-reactive ketones (excluding diaryl/α,β-unsaturated/α-hetero) is 2. The van der Waals surface area contributed by atoms with Crippen LogP contribution in [0.1, 0.15) is 112 Å². The van der Waals surface area contributed by atoms with Crippen LogP contribution in [-0.4, -0.2) is 126 Å². The number of rotatable bonds is 6. The van der Waals surface area contributed by atoms with Crippen molar-refractivity contribution in [1.82, 2.24) is 4.90 Å². The van der Waals surface area contributed by atoms with Crippen LogP contribution in [0.15, 0.2) is 23.3 Å². The second-order valence-electron chi connectivity index (χ2n) is 17.2. The van der Waals surface area contributed by atoms with Crippen LogP contribution in [0.2, 0.25) is 0 Å². The first-order valence-electron chi connectivity index (χ1n) is 20.8.